The van der Waals surface area contributed by atoms with E-state index in [-0.39, 0.29) is 11.3 Å². The normalized spacial score (nSPS) is 13.6. The van der Waals surface area contributed by atoms with Gasteiger partial charge < -0.3 is 14.8 Å². The molecule has 4 rings (SSSR count). The van der Waals surface area contributed by atoms with Crippen molar-refractivity contribution in [2.75, 3.05) is 24.4 Å². The van der Waals surface area contributed by atoms with E-state index in [1.165, 1.54) is 7.11 Å². The molecule has 0 spiro atoms. The van der Waals surface area contributed by atoms with E-state index >= 15 is 0 Å². The molecule has 1 aliphatic heterocycles. The molecule has 0 saturated heterocycles. The molecule has 32 heavy (non-hydrogen) atoms. The van der Waals surface area contributed by atoms with Crippen LogP contribution in [0.15, 0.2) is 72.4 Å². The lowest BCUT2D eigenvalue weighted by Crippen LogP contribution is -2.32. The average Bonchev–Trinajstić information content (AvgIpc) is 3.04. The standard InChI is InChI=1S/C24H18Cl2N2O4/c1-31-18-10-8-17(9-11-18)28-23(29)21(14-3-5-15(25)6-4-14)22(24(28)30)27-16-7-12-20(32-2)19(26)13-16/h3-13,27H,1-2H3. The number of ether oxygens (including phenoxy) is 2. The largest absolute Gasteiger partial charge is 0.497 e. The van der Waals surface area contributed by atoms with E-state index in [1.54, 1.807) is 73.8 Å². The van der Waals surface area contributed by atoms with Crippen molar-refractivity contribution >= 4 is 52.0 Å². The first kappa shape index (κ1) is 21.7. The number of imide groups is 1. The number of rotatable bonds is 6. The second-order valence-electron chi connectivity index (χ2n) is 6.87. The summed E-state index contributed by atoms with van der Waals surface area (Å²) in [4.78, 5) is 27.9. The number of hydrogen-bond donors (Lipinski definition) is 1. The Balaban J connectivity index is 1.78. The summed E-state index contributed by atoms with van der Waals surface area (Å²) in [5.74, 6) is 0.171. The van der Waals surface area contributed by atoms with Crippen molar-refractivity contribution in [2.24, 2.45) is 0 Å². The predicted molar refractivity (Wildman–Crippen MR) is 125 cm³/mol. The van der Waals surface area contributed by atoms with Crippen molar-refractivity contribution in [2.45, 2.75) is 0 Å². The molecule has 1 aliphatic rings. The minimum absolute atomic E-state index is 0.134. The number of halogens is 2. The van der Waals surface area contributed by atoms with Crippen LogP contribution in [0.2, 0.25) is 10.0 Å². The first-order chi connectivity index (χ1) is 15.4. The first-order valence-electron chi connectivity index (χ1n) is 9.56. The van der Waals surface area contributed by atoms with Crippen LogP contribution in [0.3, 0.4) is 0 Å². The van der Waals surface area contributed by atoms with Gasteiger partial charge >= 0.3 is 0 Å². The summed E-state index contributed by atoms with van der Waals surface area (Å²) in [7, 11) is 3.06. The minimum Gasteiger partial charge on any atom is -0.497 e. The van der Waals surface area contributed by atoms with Gasteiger partial charge in [0.15, 0.2) is 0 Å². The summed E-state index contributed by atoms with van der Waals surface area (Å²) in [6, 6.07) is 18.4. The minimum atomic E-state index is -0.489. The van der Waals surface area contributed by atoms with Gasteiger partial charge in [0.25, 0.3) is 11.8 Å². The Morgan fingerprint density at radius 2 is 1.50 bits per heavy atom. The smallest absolute Gasteiger partial charge is 0.282 e. The zero-order valence-electron chi connectivity index (χ0n) is 17.2. The van der Waals surface area contributed by atoms with E-state index in [9.17, 15) is 9.59 Å². The molecule has 162 valence electrons. The second-order valence-corrected chi connectivity index (χ2v) is 7.72. The van der Waals surface area contributed by atoms with Crippen LogP contribution in [0.1, 0.15) is 5.56 Å². The number of carbonyl (C=O) groups excluding carboxylic acids is 2. The van der Waals surface area contributed by atoms with Gasteiger partial charge in [0.05, 0.1) is 30.5 Å². The lowest BCUT2D eigenvalue weighted by molar-refractivity contribution is -0.120. The summed E-state index contributed by atoms with van der Waals surface area (Å²) < 4.78 is 10.4. The number of hydrogen-bond acceptors (Lipinski definition) is 5. The van der Waals surface area contributed by atoms with Gasteiger partial charge in [0.2, 0.25) is 0 Å². The fourth-order valence-electron chi connectivity index (χ4n) is 3.38. The molecule has 2 amide bonds. The lowest BCUT2D eigenvalue weighted by atomic mass is 10.0. The molecule has 0 aliphatic carbocycles. The van der Waals surface area contributed by atoms with Crippen LogP contribution in [0.5, 0.6) is 11.5 Å². The van der Waals surface area contributed by atoms with E-state index in [1.807, 2.05) is 0 Å². The SMILES string of the molecule is COc1ccc(N2C(=O)C(Nc3ccc(OC)c(Cl)c3)=C(c3ccc(Cl)cc3)C2=O)cc1. The van der Waals surface area contributed by atoms with E-state index in [4.69, 9.17) is 32.7 Å². The molecule has 0 fully saturated rings. The average molecular weight is 469 g/mol. The van der Waals surface area contributed by atoms with Gasteiger partial charge in [-0.25, -0.2) is 4.90 Å². The molecular weight excluding hydrogens is 451 g/mol. The maximum absolute atomic E-state index is 13.4. The summed E-state index contributed by atoms with van der Waals surface area (Å²) in [6.07, 6.45) is 0. The van der Waals surface area contributed by atoms with Crippen LogP contribution >= 0.6 is 23.2 Å². The fourth-order valence-corrected chi connectivity index (χ4v) is 3.77. The Kier molecular flexibility index (Phi) is 6.08. The monoisotopic (exact) mass is 468 g/mol. The van der Waals surface area contributed by atoms with Crippen molar-refractivity contribution in [3.05, 3.63) is 88.0 Å². The van der Waals surface area contributed by atoms with Gasteiger partial charge in [-0.15, -0.1) is 0 Å². The van der Waals surface area contributed by atoms with Crippen molar-refractivity contribution in [1.29, 1.82) is 0 Å². The molecule has 0 bridgehead atoms. The second kappa shape index (κ2) is 8.94. The first-order valence-corrected chi connectivity index (χ1v) is 10.3. The molecule has 0 saturated carbocycles. The molecule has 0 radical (unpaired) electrons. The quantitative estimate of drug-likeness (QED) is 0.490. The van der Waals surface area contributed by atoms with E-state index < -0.39 is 11.8 Å². The van der Waals surface area contributed by atoms with Gasteiger partial charge in [-0.3, -0.25) is 9.59 Å². The maximum atomic E-state index is 13.4. The highest BCUT2D eigenvalue weighted by molar-refractivity contribution is 6.46. The van der Waals surface area contributed by atoms with Crippen molar-refractivity contribution in [3.8, 4) is 11.5 Å². The molecule has 1 heterocycles. The van der Waals surface area contributed by atoms with Crippen LogP contribution in [0, 0.1) is 0 Å². The Hall–Kier alpha value is -3.48. The third-order valence-electron chi connectivity index (χ3n) is 4.97. The molecule has 3 aromatic rings. The third kappa shape index (κ3) is 4.02. The molecule has 8 heteroatoms. The Bertz CT molecular complexity index is 1220. The van der Waals surface area contributed by atoms with Gasteiger partial charge in [-0.1, -0.05) is 35.3 Å². The Labute approximate surface area is 195 Å². The summed E-state index contributed by atoms with van der Waals surface area (Å²) in [5, 5.41) is 3.96. The van der Waals surface area contributed by atoms with E-state index in [2.05, 4.69) is 5.32 Å². The molecule has 3 aromatic carbocycles. The summed E-state index contributed by atoms with van der Waals surface area (Å²) in [6.45, 7) is 0. The number of carbonyl (C=O) groups is 2. The summed E-state index contributed by atoms with van der Waals surface area (Å²) >= 11 is 12.3. The molecule has 0 unspecified atom stereocenters. The molecule has 0 aromatic heterocycles. The van der Waals surface area contributed by atoms with Crippen LogP contribution in [0.25, 0.3) is 5.57 Å². The topological polar surface area (TPSA) is 67.9 Å². The third-order valence-corrected chi connectivity index (χ3v) is 5.52. The van der Waals surface area contributed by atoms with Gasteiger partial charge in [-0.05, 0) is 60.2 Å². The zero-order chi connectivity index (χ0) is 22.8. The number of nitrogens with zero attached hydrogens (tertiary/aromatic N) is 1. The van der Waals surface area contributed by atoms with E-state index in [0.29, 0.717) is 38.5 Å². The van der Waals surface area contributed by atoms with Crippen molar-refractivity contribution < 1.29 is 19.1 Å². The molecule has 6 nitrogen and oxygen atoms in total. The Morgan fingerprint density at radius 3 is 2.09 bits per heavy atom. The Morgan fingerprint density at radius 1 is 0.812 bits per heavy atom. The number of anilines is 2. The zero-order valence-corrected chi connectivity index (χ0v) is 18.7. The van der Waals surface area contributed by atoms with Crippen LogP contribution in [0.4, 0.5) is 11.4 Å². The van der Waals surface area contributed by atoms with Gasteiger partial charge in [-0.2, -0.15) is 0 Å². The van der Waals surface area contributed by atoms with Crippen LogP contribution in [-0.2, 0) is 9.59 Å². The van der Waals surface area contributed by atoms with Crippen molar-refractivity contribution in [3.63, 3.8) is 0 Å². The van der Waals surface area contributed by atoms with Crippen molar-refractivity contribution in [1.82, 2.24) is 0 Å². The number of amides is 2. The summed E-state index contributed by atoms with van der Waals surface area (Å²) in [5.41, 5.74) is 1.89. The number of benzene rings is 3. The highest BCUT2D eigenvalue weighted by Gasteiger charge is 2.40. The van der Waals surface area contributed by atoms with Gasteiger partial charge in [0, 0.05) is 10.7 Å². The number of nitrogens with one attached hydrogen (secondary N) is 1. The van der Waals surface area contributed by atoms with Gasteiger partial charge in [0.1, 0.15) is 17.2 Å². The maximum Gasteiger partial charge on any atom is 0.282 e. The predicted octanol–water partition coefficient (Wildman–Crippen LogP) is 5.41. The van der Waals surface area contributed by atoms with E-state index in [0.717, 1.165) is 4.90 Å². The molecule has 0 atom stereocenters. The highest BCUT2D eigenvalue weighted by atomic mass is 35.5. The molecular formula is C24H18Cl2N2O4. The fraction of sp³-hybridized carbons (Fsp3) is 0.0833. The highest BCUT2D eigenvalue weighted by Crippen LogP contribution is 2.36. The van der Waals surface area contributed by atoms with Crippen LogP contribution in [-0.4, -0.2) is 26.0 Å². The lowest BCUT2D eigenvalue weighted by Gasteiger charge is -2.16. The van der Waals surface area contributed by atoms with Crippen LogP contribution < -0.4 is 19.7 Å². The number of methoxy groups -OCH3 is 2. The molecule has 1 N–H and O–H groups in total.